The second-order valence-electron chi connectivity index (χ2n) is 3.96. The van der Waals surface area contributed by atoms with E-state index >= 15 is 0 Å². The summed E-state index contributed by atoms with van der Waals surface area (Å²) in [5.41, 5.74) is 5.01. The summed E-state index contributed by atoms with van der Waals surface area (Å²) in [6, 6.07) is -0.701. The number of likely N-dealkylation sites (tertiary alicyclic amines) is 1. The van der Waals surface area contributed by atoms with Gasteiger partial charge < -0.3 is 16.0 Å². The SMILES string of the molecule is C[C@@H](NC(=O)CN1CCCCC1=O)C(N)=O. The molecule has 1 rings (SSSR count). The minimum atomic E-state index is -0.701. The highest BCUT2D eigenvalue weighted by Crippen LogP contribution is 2.09. The summed E-state index contributed by atoms with van der Waals surface area (Å²) in [7, 11) is 0. The minimum Gasteiger partial charge on any atom is -0.368 e. The van der Waals surface area contributed by atoms with Crippen molar-refractivity contribution in [3.05, 3.63) is 0 Å². The maximum atomic E-state index is 11.5. The van der Waals surface area contributed by atoms with Crippen LogP contribution in [0.3, 0.4) is 0 Å². The van der Waals surface area contributed by atoms with Crippen molar-refractivity contribution >= 4 is 17.7 Å². The Morgan fingerprint density at radius 1 is 1.50 bits per heavy atom. The van der Waals surface area contributed by atoms with Crippen molar-refractivity contribution in [2.45, 2.75) is 32.2 Å². The number of hydrogen-bond donors (Lipinski definition) is 2. The molecular weight excluding hydrogens is 210 g/mol. The fourth-order valence-corrected chi connectivity index (χ4v) is 1.56. The van der Waals surface area contributed by atoms with E-state index in [1.54, 1.807) is 0 Å². The van der Waals surface area contributed by atoms with Gasteiger partial charge in [-0.15, -0.1) is 0 Å². The standard InChI is InChI=1S/C10H17N3O3/c1-7(10(11)16)12-8(14)6-13-5-3-2-4-9(13)15/h7H,2-6H2,1H3,(H2,11,16)(H,12,14)/t7-/m1/s1. The van der Waals surface area contributed by atoms with Gasteiger partial charge in [-0.05, 0) is 19.8 Å². The lowest BCUT2D eigenvalue weighted by molar-refractivity contribution is -0.138. The van der Waals surface area contributed by atoms with Crippen LogP contribution in [0.4, 0.5) is 0 Å². The van der Waals surface area contributed by atoms with Crippen LogP contribution in [0.25, 0.3) is 0 Å². The summed E-state index contributed by atoms with van der Waals surface area (Å²) in [5.74, 6) is -0.937. The van der Waals surface area contributed by atoms with Gasteiger partial charge >= 0.3 is 0 Å². The van der Waals surface area contributed by atoms with Gasteiger partial charge in [-0.25, -0.2) is 0 Å². The number of nitrogens with one attached hydrogen (secondary N) is 1. The number of primary amides is 1. The van der Waals surface area contributed by atoms with Crippen molar-refractivity contribution in [2.75, 3.05) is 13.1 Å². The lowest BCUT2D eigenvalue weighted by Crippen LogP contribution is -2.48. The largest absolute Gasteiger partial charge is 0.368 e. The van der Waals surface area contributed by atoms with Crippen molar-refractivity contribution in [3.63, 3.8) is 0 Å². The van der Waals surface area contributed by atoms with E-state index in [4.69, 9.17) is 5.73 Å². The molecule has 1 saturated heterocycles. The minimum absolute atomic E-state index is 0.00636. The van der Waals surface area contributed by atoms with E-state index < -0.39 is 11.9 Å². The Morgan fingerprint density at radius 3 is 2.75 bits per heavy atom. The van der Waals surface area contributed by atoms with Crippen LogP contribution in [-0.4, -0.2) is 41.8 Å². The van der Waals surface area contributed by atoms with Gasteiger partial charge in [0.25, 0.3) is 0 Å². The molecule has 6 nitrogen and oxygen atoms in total. The first-order valence-corrected chi connectivity index (χ1v) is 5.37. The lowest BCUT2D eigenvalue weighted by Gasteiger charge is -2.26. The van der Waals surface area contributed by atoms with Gasteiger partial charge in [0.05, 0.1) is 6.54 Å². The Bertz CT molecular complexity index is 304. The third-order valence-electron chi connectivity index (χ3n) is 2.56. The molecule has 0 aromatic carbocycles. The number of piperidine rings is 1. The molecule has 1 aliphatic rings. The van der Waals surface area contributed by atoms with E-state index in [0.29, 0.717) is 13.0 Å². The van der Waals surface area contributed by atoms with Crippen LogP contribution in [0, 0.1) is 0 Å². The summed E-state index contributed by atoms with van der Waals surface area (Å²) in [6.45, 7) is 2.13. The van der Waals surface area contributed by atoms with Gasteiger partial charge in [0.2, 0.25) is 17.7 Å². The highest BCUT2D eigenvalue weighted by Gasteiger charge is 2.21. The highest BCUT2D eigenvalue weighted by atomic mass is 16.2. The number of amides is 3. The molecule has 6 heteroatoms. The van der Waals surface area contributed by atoms with Gasteiger partial charge in [-0.2, -0.15) is 0 Å². The van der Waals surface area contributed by atoms with Gasteiger partial charge in [-0.3, -0.25) is 14.4 Å². The zero-order valence-corrected chi connectivity index (χ0v) is 9.36. The summed E-state index contributed by atoms with van der Waals surface area (Å²) in [5, 5.41) is 2.44. The first kappa shape index (κ1) is 12.5. The molecule has 0 aliphatic carbocycles. The summed E-state index contributed by atoms with van der Waals surface area (Å²) in [4.78, 5) is 35.1. The number of rotatable bonds is 4. The van der Waals surface area contributed by atoms with E-state index in [-0.39, 0.29) is 18.4 Å². The molecule has 90 valence electrons. The van der Waals surface area contributed by atoms with E-state index in [1.807, 2.05) is 0 Å². The highest BCUT2D eigenvalue weighted by molar-refractivity contribution is 5.89. The van der Waals surface area contributed by atoms with Crippen LogP contribution in [0.1, 0.15) is 26.2 Å². The number of hydrogen-bond acceptors (Lipinski definition) is 3. The predicted octanol–water partition coefficient (Wildman–Crippen LogP) is -1.01. The molecule has 1 aliphatic heterocycles. The molecule has 0 aromatic heterocycles. The Morgan fingerprint density at radius 2 is 2.19 bits per heavy atom. The zero-order valence-electron chi connectivity index (χ0n) is 9.36. The fourth-order valence-electron chi connectivity index (χ4n) is 1.56. The van der Waals surface area contributed by atoms with Crippen molar-refractivity contribution < 1.29 is 14.4 Å². The Kier molecular flexibility index (Phi) is 4.28. The zero-order chi connectivity index (χ0) is 12.1. The molecule has 0 spiro atoms. The topological polar surface area (TPSA) is 92.5 Å². The van der Waals surface area contributed by atoms with Crippen molar-refractivity contribution in [1.29, 1.82) is 0 Å². The Balaban J connectivity index is 2.38. The fraction of sp³-hybridized carbons (Fsp3) is 0.700. The summed E-state index contributed by atoms with van der Waals surface area (Å²) < 4.78 is 0. The first-order valence-electron chi connectivity index (χ1n) is 5.37. The molecule has 0 saturated carbocycles. The van der Waals surface area contributed by atoms with Gasteiger partial charge in [0.15, 0.2) is 0 Å². The maximum Gasteiger partial charge on any atom is 0.240 e. The average Bonchev–Trinajstić information content (AvgIpc) is 2.21. The van der Waals surface area contributed by atoms with E-state index in [2.05, 4.69) is 5.32 Å². The van der Waals surface area contributed by atoms with Crippen LogP contribution in [0.2, 0.25) is 0 Å². The molecule has 3 amide bonds. The molecule has 1 atom stereocenters. The normalized spacial score (nSPS) is 18.1. The van der Waals surface area contributed by atoms with E-state index in [9.17, 15) is 14.4 Å². The second kappa shape index (κ2) is 5.48. The summed E-state index contributed by atoms with van der Waals surface area (Å²) >= 11 is 0. The van der Waals surface area contributed by atoms with E-state index in [1.165, 1.54) is 11.8 Å². The molecule has 16 heavy (non-hydrogen) atoms. The van der Waals surface area contributed by atoms with Crippen LogP contribution >= 0.6 is 0 Å². The van der Waals surface area contributed by atoms with Gasteiger partial charge in [-0.1, -0.05) is 0 Å². The van der Waals surface area contributed by atoms with Gasteiger partial charge in [0, 0.05) is 13.0 Å². The lowest BCUT2D eigenvalue weighted by atomic mass is 10.1. The Labute approximate surface area is 94.2 Å². The maximum absolute atomic E-state index is 11.5. The molecule has 0 unspecified atom stereocenters. The molecule has 3 N–H and O–H groups in total. The number of nitrogens with zero attached hydrogens (tertiary/aromatic N) is 1. The predicted molar refractivity (Wildman–Crippen MR) is 57.2 cm³/mol. The molecule has 0 radical (unpaired) electrons. The quantitative estimate of drug-likeness (QED) is 0.644. The summed E-state index contributed by atoms with van der Waals surface area (Å²) in [6.07, 6.45) is 2.30. The third kappa shape index (κ3) is 3.52. The molecular formula is C10H17N3O3. The van der Waals surface area contributed by atoms with Crippen molar-refractivity contribution in [1.82, 2.24) is 10.2 Å². The number of carbonyl (C=O) groups excluding carboxylic acids is 3. The van der Waals surface area contributed by atoms with Crippen LogP contribution < -0.4 is 11.1 Å². The third-order valence-corrected chi connectivity index (χ3v) is 2.56. The van der Waals surface area contributed by atoms with Crippen LogP contribution in [0.5, 0.6) is 0 Å². The average molecular weight is 227 g/mol. The second-order valence-corrected chi connectivity index (χ2v) is 3.96. The molecule has 0 bridgehead atoms. The first-order chi connectivity index (χ1) is 7.50. The van der Waals surface area contributed by atoms with Gasteiger partial charge in [0.1, 0.15) is 6.04 Å². The number of carbonyl (C=O) groups is 3. The monoisotopic (exact) mass is 227 g/mol. The smallest absolute Gasteiger partial charge is 0.240 e. The number of nitrogens with two attached hydrogens (primary N) is 1. The molecule has 1 heterocycles. The molecule has 0 aromatic rings. The van der Waals surface area contributed by atoms with Crippen LogP contribution in [-0.2, 0) is 14.4 Å². The van der Waals surface area contributed by atoms with Crippen molar-refractivity contribution in [2.24, 2.45) is 5.73 Å². The Hall–Kier alpha value is -1.59. The van der Waals surface area contributed by atoms with Crippen LogP contribution in [0.15, 0.2) is 0 Å². The molecule has 1 fully saturated rings. The van der Waals surface area contributed by atoms with Crippen molar-refractivity contribution in [3.8, 4) is 0 Å². The van der Waals surface area contributed by atoms with E-state index in [0.717, 1.165) is 12.8 Å².